The van der Waals surface area contributed by atoms with Gasteiger partial charge in [0.25, 0.3) is 0 Å². The molecule has 1 aliphatic rings. The summed E-state index contributed by atoms with van der Waals surface area (Å²) in [6, 6.07) is 18.9. The SMILES string of the molecule is Cc1cc(Cc2ccc(F)cc2)cc([C@H]2CCCN2C(=O)Cc2c[nH]c3ccccc23)n1. The molecule has 5 heteroatoms. The van der Waals surface area contributed by atoms with E-state index in [1.807, 2.05) is 48.4 Å². The maximum Gasteiger partial charge on any atom is 0.227 e. The van der Waals surface area contributed by atoms with Gasteiger partial charge in [-0.15, -0.1) is 0 Å². The van der Waals surface area contributed by atoms with Crippen molar-refractivity contribution in [1.29, 1.82) is 0 Å². The first-order valence-electron chi connectivity index (χ1n) is 11.1. The van der Waals surface area contributed by atoms with Gasteiger partial charge in [-0.25, -0.2) is 4.39 Å². The van der Waals surface area contributed by atoms with Crippen LogP contribution in [-0.2, 0) is 17.6 Å². The molecular formula is C27H26FN3O. The zero-order valence-electron chi connectivity index (χ0n) is 18.1. The van der Waals surface area contributed by atoms with Crippen molar-refractivity contribution in [2.24, 2.45) is 0 Å². The van der Waals surface area contributed by atoms with Crippen LogP contribution in [0.5, 0.6) is 0 Å². The van der Waals surface area contributed by atoms with Gasteiger partial charge in [0.05, 0.1) is 18.2 Å². The molecule has 0 spiro atoms. The van der Waals surface area contributed by atoms with Crippen LogP contribution in [0.1, 0.15) is 47.0 Å². The Bertz CT molecular complexity index is 1260. The number of aromatic amines is 1. The number of likely N-dealkylation sites (tertiary alicyclic amines) is 1. The van der Waals surface area contributed by atoms with Gasteiger partial charge in [0.1, 0.15) is 5.82 Å². The van der Waals surface area contributed by atoms with Gasteiger partial charge >= 0.3 is 0 Å². The van der Waals surface area contributed by atoms with E-state index in [9.17, 15) is 9.18 Å². The number of hydrogen-bond acceptors (Lipinski definition) is 2. The van der Waals surface area contributed by atoms with Crippen LogP contribution in [0.2, 0.25) is 0 Å². The molecule has 4 aromatic rings. The molecule has 4 nitrogen and oxygen atoms in total. The van der Waals surface area contributed by atoms with Crippen LogP contribution in [-0.4, -0.2) is 27.3 Å². The van der Waals surface area contributed by atoms with Crippen molar-refractivity contribution in [3.63, 3.8) is 0 Å². The highest BCUT2D eigenvalue weighted by Crippen LogP contribution is 2.33. The highest BCUT2D eigenvalue weighted by atomic mass is 19.1. The van der Waals surface area contributed by atoms with Crippen molar-refractivity contribution in [2.45, 2.75) is 38.6 Å². The number of carbonyl (C=O) groups excluding carboxylic acids is 1. The van der Waals surface area contributed by atoms with E-state index < -0.39 is 0 Å². The van der Waals surface area contributed by atoms with Crippen molar-refractivity contribution < 1.29 is 9.18 Å². The first kappa shape index (κ1) is 20.4. The minimum Gasteiger partial charge on any atom is -0.361 e. The van der Waals surface area contributed by atoms with Gasteiger partial charge in [0, 0.05) is 29.3 Å². The van der Waals surface area contributed by atoms with Crippen LogP contribution in [0, 0.1) is 12.7 Å². The third kappa shape index (κ3) is 4.15. The summed E-state index contributed by atoms with van der Waals surface area (Å²) in [6.07, 6.45) is 4.94. The topological polar surface area (TPSA) is 49.0 Å². The minimum atomic E-state index is -0.226. The number of H-pyrrole nitrogens is 1. The molecule has 3 heterocycles. The Morgan fingerprint density at radius 1 is 1.12 bits per heavy atom. The van der Waals surface area contributed by atoms with E-state index in [1.165, 1.54) is 12.1 Å². The number of pyridine rings is 1. The molecule has 0 saturated carbocycles. The van der Waals surface area contributed by atoms with E-state index in [-0.39, 0.29) is 17.8 Å². The molecule has 1 amide bonds. The molecule has 2 aromatic heterocycles. The van der Waals surface area contributed by atoms with Gasteiger partial charge in [-0.3, -0.25) is 9.78 Å². The molecule has 1 atom stereocenters. The standard InChI is InChI=1S/C27H26FN3O/c1-18-13-20(14-19-8-10-22(28)11-9-19)15-25(30-18)26-7-4-12-31(26)27(32)16-21-17-29-24-6-3-2-5-23(21)24/h2-3,5-6,8-11,13,15,17,26,29H,4,7,12,14,16H2,1H3/t26-/m1/s1. The highest BCUT2D eigenvalue weighted by molar-refractivity contribution is 5.89. The molecular weight excluding hydrogens is 401 g/mol. The van der Waals surface area contributed by atoms with Gasteiger partial charge < -0.3 is 9.88 Å². The second-order valence-corrected chi connectivity index (χ2v) is 8.63. The molecule has 0 bridgehead atoms. The smallest absolute Gasteiger partial charge is 0.227 e. The third-order valence-electron chi connectivity index (χ3n) is 6.29. The lowest BCUT2D eigenvalue weighted by Crippen LogP contribution is -2.32. The number of aromatic nitrogens is 2. The predicted octanol–water partition coefficient (Wildman–Crippen LogP) is 5.51. The number of nitrogens with zero attached hydrogens (tertiary/aromatic N) is 2. The number of para-hydroxylation sites is 1. The van der Waals surface area contributed by atoms with Crippen molar-refractivity contribution in [3.8, 4) is 0 Å². The highest BCUT2D eigenvalue weighted by Gasteiger charge is 2.31. The average molecular weight is 428 g/mol. The first-order valence-corrected chi connectivity index (χ1v) is 11.1. The Morgan fingerprint density at radius 3 is 2.78 bits per heavy atom. The maximum atomic E-state index is 13.3. The molecule has 0 unspecified atom stereocenters. The summed E-state index contributed by atoms with van der Waals surface area (Å²) < 4.78 is 13.2. The number of fused-ring (bicyclic) bond motifs is 1. The fourth-order valence-corrected chi connectivity index (χ4v) is 4.79. The molecule has 1 fully saturated rings. The zero-order valence-corrected chi connectivity index (χ0v) is 18.1. The van der Waals surface area contributed by atoms with E-state index in [0.29, 0.717) is 12.8 Å². The van der Waals surface area contributed by atoms with Crippen LogP contribution in [0.15, 0.2) is 66.9 Å². The number of halogens is 1. The molecule has 0 radical (unpaired) electrons. The number of benzene rings is 2. The lowest BCUT2D eigenvalue weighted by atomic mass is 10.0. The Kier molecular flexibility index (Phi) is 5.48. The van der Waals surface area contributed by atoms with E-state index in [2.05, 4.69) is 23.2 Å². The average Bonchev–Trinajstić information content (AvgIpc) is 3.43. The number of carbonyl (C=O) groups is 1. The normalized spacial score (nSPS) is 16.1. The van der Waals surface area contributed by atoms with E-state index in [0.717, 1.165) is 58.4 Å². The summed E-state index contributed by atoms with van der Waals surface area (Å²) in [7, 11) is 0. The third-order valence-corrected chi connectivity index (χ3v) is 6.29. The van der Waals surface area contributed by atoms with Crippen LogP contribution in [0.4, 0.5) is 4.39 Å². The molecule has 1 N–H and O–H groups in total. The second-order valence-electron chi connectivity index (χ2n) is 8.63. The number of amides is 1. The zero-order chi connectivity index (χ0) is 22.1. The summed E-state index contributed by atoms with van der Waals surface area (Å²) in [6.45, 7) is 2.75. The number of rotatable bonds is 5. The van der Waals surface area contributed by atoms with Crippen molar-refractivity contribution in [2.75, 3.05) is 6.54 Å². The van der Waals surface area contributed by atoms with E-state index >= 15 is 0 Å². The molecule has 1 saturated heterocycles. The number of nitrogens with one attached hydrogen (secondary N) is 1. The van der Waals surface area contributed by atoms with E-state index in [1.54, 1.807) is 0 Å². The first-order chi connectivity index (χ1) is 15.6. The van der Waals surface area contributed by atoms with Crippen molar-refractivity contribution in [3.05, 3.63) is 101 Å². The van der Waals surface area contributed by atoms with Crippen LogP contribution in [0.25, 0.3) is 10.9 Å². The summed E-state index contributed by atoms with van der Waals surface area (Å²) in [5.74, 6) is -0.0868. The Morgan fingerprint density at radius 2 is 1.94 bits per heavy atom. The Labute approximate surface area is 187 Å². The van der Waals surface area contributed by atoms with Crippen LogP contribution in [0.3, 0.4) is 0 Å². The quantitative estimate of drug-likeness (QED) is 0.457. The monoisotopic (exact) mass is 427 g/mol. The maximum absolute atomic E-state index is 13.3. The lowest BCUT2D eigenvalue weighted by Gasteiger charge is -2.25. The largest absolute Gasteiger partial charge is 0.361 e. The van der Waals surface area contributed by atoms with Gasteiger partial charge in [0.15, 0.2) is 0 Å². The van der Waals surface area contributed by atoms with Crippen LogP contribution >= 0.6 is 0 Å². The fraction of sp³-hybridized carbons (Fsp3) is 0.259. The van der Waals surface area contributed by atoms with Crippen molar-refractivity contribution >= 4 is 16.8 Å². The molecule has 1 aliphatic heterocycles. The summed E-state index contributed by atoms with van der Waals surface area (Å²) in [4.78, 5) is 23.3. The predicted molar refractivity (Wildman–Crippen MR) is 124 cm³/mol. The van der Waals surface area contributed by atoms with Gasteiger partial charge in [0.2, 0.25) is 5.91 Å². The van der Waals surface area contributed by atoms with Crippen molar-refractivity contribution in [1.82, 2.24) is 14.9 Å². The second kappa shape index (κ2) is 8.58. The minimum absolute atomic E-state index is 0.000395. The fourth-order valence-electron chi connectivity index (χ4n) is 4.79. The Hall–Kier alpha value is -3.47. The lowest BCUT2D eigenvalue weighted by molar-refractivity contribution is -0.131. The van der Waals surface area contributed by atoms with Gasteiger partial charge in [-0.2, -0.15) is 0 Å². The number of hydrogen-bond donors (Lipinski definition) is 1. The van der Waals surface area contributed by atoms with Crippen LogP contribution < -0.4 is 0 Å². The molecule has 162 valence electrons. The summed E-state index contributed by atoms with van der Waals surface area (Å²) >= 11 is 0. The summed E-state index contributed by atoms with van der Waals surface area (Å²) in [5, 5.41) is 1.10. The molecule has 2 aromatic carbocycles. The number of aryl methyl sites for hydroxylation is 1. The molecule has 5 rings (SSSR count). The van der Waals surface area contributed by atoms with Gasteiger partial charge in [-0.05, 0) is 73.2 Å². The molecule has 0 aliphatic carbocycles. The van der Waals surface area contributed by atoms with Gasteiger partial charge in [-0.1, -0.05) is 30.3 Å². The Balaban J connectivity index is 1.37. The molecule has 32 heavy (non-hydrogen) atoms. The summed E-state index contributed by atoms with van der Waals surface area (Å²) in [5.41, 5.74) is 6.17. The van der Waals surface area contributed by atoms with E-state index in [4.69, 9.17) is 4.98 Å².